The topological polar surface area (TPSA) is 21.5 Å². The van der Waals surface area contributed by atoms with E-state index in [2.05, 4.69) is 212 Å². The first-order valence-corrected chi connectivity index (χ1v) is 20.8. The molecular weight excluding hydrogens is 713 g/mol. The molecule has 3 aliphatic rings. The van der Waals surface area contributed by atoms with Gasteiger partial charge in [0, 0.05) is 33.7 Å². The summed E-state index contributed by atoms with van der Waals surface area (Å²) in [6.45, 7) is 4.42. The van der Waals surface area contributed by atoms with Gasteiger partial charge in [0.05, 0.1) is 22.6 Å². The summed E-state index contributed by atoms with van der Waals surface area (Å²) in [7, 11) is 0. The minimum absolute atomic E-state index is 0.482. The quantitative estimate of drug-likeness (QED) is 0.174. The molecule has 0 saturated heterocycles. The van der Waals surface area contributed by atoms with Crippen LogP contribution >= 0.6 is 0 Å². The lowest BCUT2D eigenvalue weighted by molar-refractivity contribution is -0.483. The third kappa shape index (κ3) is 4.28. The molecule has 2 nitrogen and oxygen atoms in total. The molecule has 9 aromatic carbocycles. The van der Waals surface area contributed by atoms with Crippen molar-refractivity contribution < 1.29 is 5.32 Å². The summed E-state index contributed by atoms with van der Waals surface area (Å²) in [6.07, 6.45) is 4.65. The van der Waals surface area contributed by atoms with Gasteiger partial charge in [-0.05, 0) is 139 Å². The maximum absolute atomic E-state index is 2.56. The number of allylic oxidation sites excluding steroid dienone is 2. The molecule has 1 atom stereocenters. The first-order valence-electron chi connectivity index (χ1n) is 20.8. The van der Waals surface area contributed by atoms with Crippen LogP contribution in [0.5, 0.6) is 0 Å². The summed E-state index contributed by atoms with van der Waals surface area (Å²) >= 11 is 0. The number of nitrogens with two attached hydrogens (primary N) is 1. The second kappa shape index (κ2) is 11.9. The Morgan fingerprint density at radius 3 is 1.76 bits per heavy atom. The zero-order valence-corrected chi connectivity index (χ0v) is 32.9. The normalized spacial score (nSPS) is 16.2. The number of aryl methyl sites for hydroxylation is 2. The van der Waals surface area contributed by atoms with Gasteiger partial charge in [0.1, 0.15) is 5.70 Å². The van der Waals surface area contributed by atoms with E-state index < -0.39 is 5.41 Å². The van der Waals surface area contributed by atoms with E-state index in [1.165, 1.54) is 127 Å². The fourth-order valence-electron chi connectivity index (χ4n) is 11.4. The molecule has 1 aromatic heterocycles. The molecule has 2 heterocycles. The molecule has 13 rings (SSSR count). The molecule has 1 spiro atoms. The Bertz CT molecular complexity index is 3460. The van der Waals surface area contributed by atoms with Crippen molar-refractivity contribution in [2.75, 3.05) is 0 Å². The maximum Gasteiger partial charge on any atom is 0.146 e. The van der Waals surface area contributed by atoms with Gasteiger partial charge in [0.2, 0.25) is 0 Å². The van der Waals surface area contributed by atoms with E-state index in [1.807, 2.05) is 0 Å². The van der Waals surface area contributed by atoms with E-state index in [0.29, 0.717) is 0 Å². The lowest BCUT2D eigenvalue weighted by Crippen LogP contribution is -2.72. The second-order valence-corrected chi connectivity index (χ2v) is 16.7. The fraction of sp³-hybridized carbons (Fsp3) is 0.0526. The Kier molecular flexibility index (Phi) is 6.61. The van der Waals surface area contributed by atoms with Gasteiger partial charge in [0.25, 0.3) is 0 Å². The molecule has 0 saturated carbocycles. The molecule has 0 fully saturated rings. The van der Waals surface area contributed by atoms with Crippen LogP contribution in [0.25, 0.3) is 88.1 Å². The molecule has 1 unspecified atom stereocenters. The zero-order valence-electron chi connectivity index (χ0n) is 32.9. The predicted molar refractivity (Wildman–Crippen MR) is 246 cm³/mol. The van der Waals surface area contributed by atoms with Crippen LogP contribution in [0, 0.1) is 13.8 Å². The van der Waals surface area contributed by atoms with Crippen LogP contribution < -0.4 is 5.32 Å². The van der Waals surface area contributed by atoms with E-state index in [4.69, 9.17) is 0 Å². The highest BCUT2D eigenvalue weighted by Crippen LogP contribution is 2.63. The average Bonchev–Trinajstić information content (AvgIpc) is 4.02. The lowest BCUT2D eigenvalue weighted by atomic mass is 9.69. The van der Waals surface area contributed by atoms with Crippen LogP contribution in [0.3, 0.4) is 0 Å². The van der Waals surface area contributed by atoms with Crippen molar-refractivity contribution in [1.29, 1.82) is 0 Å². The highest BCUT2D eigenvalue weighted by atomic mass is 15.0. The molecule has 2 heteroatoms. The van der Waals surface area contributed by atoms with Crippen molar-refractivity contribution in [3.05, 3.63) is 227 Å². The van der Waals surface area contributed by atoms with Crippen molar-refractivity contribution >= 4 is 49.0 Å². The molecule has 59 heavy (non-hydrogen) atoms. The highest BCUT2D eigenvalue weighted by molar-refractivity contribution is 6.21. The van der Waals surface area contributed by atoms with Crippen LogP contribution in [0.15, 0.2) is 194 Å². The van der Waals surface area contributed by atoms with E-state index in [1.54, 1.807) is 0 Å². The summed E-state index contributed by atoms with van der Waals surface area (Å²) in [5.74, 6) is 0. The predicted octanol–water partition coefficient (Wildman–Crippen LogP) is 13.2. The van der Waals surface area contributed by atoms with Crippen molar-refractivity contribution in [3.63, 3.8) is 0 Å². The number of hydrogen-bond acceptors (Lipinski definition) is 0. The Balaban J connectivity index is 1.14. The van der Waals surface area contributed by atoms with Crippen LogP contribution in [0.2, 0.25) is 0 Å². The first kappa shape index (κ1) is 32.8. The number of fused-ring (bicyclic) bond motifs is 14. The van der Waals surface area contributed by atoms with E-state index in [9.17, 15) is 0 Å². The molecule has 10 aromatic rings. The van der Waals surface area contributed by atoms with E-state index in [-0.39, 0.29) is 0 Å². The minimum atomic E-state index is -0.482. The highest BCUT2D eigenvalue weighted by Gasteiger charge is 2.55. The van der Waals surface area contributed by atoms with Gasteiger partial charge in [-0.15, -0.1) is 0 Å². The van der Waals surface area contributed by atoms with Gasteiger partial charge in [-0.3, -0.25) is 5.32 Å². The van der Waals surface area contributed by atoms with Crippen LogP contribution in [-0.2, 0) is 5.41 Å². The second-order valence-electron chi connectivity index (χ2n) is 16.7. The summed E-state index contributed by atoms with van der Waals surface area (Å²) in [5, 5.41) is 10.0. The van der Waals surface area contributed by atoms with Gasteiger partial charge in [-0.25, -0.2) is 0 Å². The van der Waals surface area contributed by atoms with Crippen LogP contribution in [0.1, 0.15) is 33.4 Å². The molecule has 276 valence electrons. The Labute approximate surface area is 343 Å². The number of hydrogen-bond donors (Lipinski definition) is 1. The van der Waals surface area contributed by atoms with Gasteiger partial charge in [0.15, 0.2) is 0 Å². The van der Waals surface area contributed by atoms with Gasteiger partial charge in [-0.2, -0.15) is 0 Å². The minimum Gasteiger partial charge on any atom is -0.309 e. The summed E-state index contributed by atoms with van der Waals surface area (Å²) < 4.78 is 2.51. The van der Waals surface area contributed by atoms with Crippen molar-refractivity contribution in [2.45, 2.75) is 19.3 Å². The standard InChI is InChI=1S/C57H38N2/c1-34-28-35(2)30-38(29-34)59-52-23-13-11-17-40(52)47-32-46-39-16-10-12-22-48(39)57(51(46)33-53(47)59)49-26-27-58-56(49)45-25-24-37(31-50(45)57)55-43-20-8-6-18-41(43)54(36-14-4-3-5-15-36)42-19-7-9-21-44(42)55/h3-33,58H,1-2H3/p+1. The average molecular weight is 752 g/mol. The first-order chi connectivity index (χ1) is 29.1. The lowest BCUT2D eigenvalue weighted by Gasteiger charge is -2.30. The number of rotatable bonds is 3. The smallest absolute Gasteiger partial charge is 0.146 e. The maximum atomic E-state index is 2.56. The molecular formula is C57H39N2+. The largest absolute Gasteiger partial charge is 0.309 e. The summed E-state index contributed by atoms with van der Waals surface area (Å²) in [4.78, 5) is 0. The molecule has 2 aliphatic carbocycles. The van der Waals surface area contributed by atoms with Crippen molar-refractivity contribution in [3.8, 4) is 39.1 Å². The van der Waals surface area contributed by atoms with E-state index >= 15 is 0 Å². The van der Waals surface area contributed by atoms with Crippen molar-refractivity contribution in [1.82, 2.24) is 4.57 Å². The number of para-hydroxylation sites is 1. The molecule has 1 aliphatic heterocycles. The Morgan fingerprint density at radius 1 is 0.424 bits per heavy atom. The fourth-order valence-corrected chi connectivity index (χ4v) is 11.4. The monoisotopic (exact) mass is 751 g/mol. The third-order valence-electron chi connectivity index (χ3n) is 13.5. The molecule has 0 amide bonds. The SMILES string of the molecule is Cc1cc(C)cc(-n2c3ccccc3c3cc4c(cc32)C2(C3=C([NH2+]C=C3)c3ccc(-c5c6ccccc6c(-c6ccccc6)c6ccccc56)cc32)c2ccccc2-4)c1. The van der Waals surface area contributed by atoms with Gasteiger partial charge >= 0.3 is 0 Å². The van der Waals surface area contributed by atoms with Gasteiger partial charge in [-0.1, -0.05) is 133 Å². The van der Waals surface area contributed by atoms with Crippen LogP contribution in [-0.4, -0.2) is 4.57 Å². The Morgan fingerprint density at radius 2 is 1.03 bits per heavy atom. The van der Waals surface area contributed by atoms with Crippen molar-refractivity contribution in [2.24, 2.45) is 0 Å². The van der Waals surface area contributed by atoms with Crippen LogP contribution in [0.4, 0.5) is 0 Å². The Hall–Kier alpha value is -7.26. The molecule has 0 radical (unpaired) electrons. The number of benzene rings is 9. The number of nitrogens with zero attached hydrogens (tertiary/aromatic N) is 1. The summed E-state index contributed by atoms with van der Waals surface area (Å²) in [5.41, 5.74) is 21.6. The molecule has 2 N–H and O–H groups in total. The number of quaternary nitrogens is 1. The number of aromatic nitrogens is 1. The zero-order chi connectivity index (χ0) is 39.0. The van der Waals surface area contributed by atoms with Gasteiger partial charge < -0.3 is 4.57 Å². The molecule has 0 bridgehead atoms. The third-order valence-corrected chi connectivity index (χ3v) is 13.5. The van der Waals surface area contributed by atoms with E-state index in [0.717, 1.165) is 0 Å². The summed E-state index contributed by atoms with van der Waals surface area (Å²) in [6, 6.07) is 66.4.